The van der Waals surface area contributed by atoms with E-state index in [9.17, 15) is 14.4 Å². The monoisotopic (exact) mass is 264 g/mol. The molecule has 1 N–H and O–H groups in total. The van der Waals surface area contributed by atoms with Crippen LogP contribution in [-0.4, -0.2) is 34.7 Å². The molecule has 5 nitrogen and oxygen atoms in total. The number of allylic oxidation sites excluding steroid dienone is 2. The molecular formula is C14H20N2O3. The Kier molecular flexibility index (Phi) is 3.47. The standard InChI is InChI=1S/C14H20N2O3/c1-14(2,3)15-11(17)8-16-12(18)9-6-4-5-7-10(9)13(16)19/h4-5,9-10H,6-8H2,1-3H3,(H,15,17)/t9-,10-/m1/s1. The zero-order chi connectivity index (χ0) is 14.2. The van der Waals surface area contributed by atoms with Crippen molar-refractivity contribution in [1.29, 1.82) is 0 Å². The second-order valence-corrected chi connectivity index (χ2v) is 6.22. The van der Waals surface area contributed by atoms with E-state index in [2.05, 4.69) is 5.32 Å². The lowest BCUT2D eigenvalue weighted by Gasteiger charge is -2.22. The van der Waals surface area contributed by atoms with Crippen LogP contribution in [-0.2, 0) is 14.4 Å². The van der Waals surface area contributed by atoms with Gasteiger partial charge in [0.25, 0.3) is 0 Å². The summed E-state index contributed by atoms with van der Waals surface area (Å²) in [7, 11) is 0. The van der Waals surface area contributed by atoms with Gasteiger partial charge in [0.05, 0.1) is 11.8 Å². The van der Waals surface area contributed by atoms with Gasteiger partial charge in [-0.1, -0.05) is 12.2 Å². The van der Waals surface area contributed by atoms with E-state index in [4.69, 9.17) is 0 Å². The van der Waals surface area contributed by atoms with Crippen LogP contribution in [0.1, 0.15) is 33.6 Å². The first-order chi connectivity index (χ1) is 8.79. The predicted octanol–water partition coefficient (Wildman–Crippen LogP) is 0.852. The summed E-state index contributed by atoms with van der Waals surface area (Å²) in [4.78, 5) is 37.2. The fourth-order valence-electron chi connectivity index (χ4n) is 2.63. The largest absolute Gasteiger partial charge is 0.350 e. The Morgan fingerprint density at radius 1 is 1.21 bits per heavy atom. The minimum absolute atomic E-state index is 0.165. The molecule has 1 saturated heterocycles. The van der Waals surface area contributed by atoms with Gasteiger partial charge in [-0.3, -0.25) is 19.3 Å². The molecule has 0 bridgehead atoms. The number of carbonyl (C=O) groups excluding carboxylic acids is 3. The van der Waals surface area contributed by atoms with Gasteiger partial charge in [0.2, 0.25) is 17.7 Å². The van der Waals surface area contributed by atoms with E-state index in [0.29, 0.717) is 12.8 Å². The summed E-state index contributed by atoms with van der Waals surface area (Å²) in [5.41, 5.74) is -0.364. The minimum Gasteiger partial charge on any atom is -0.350 e. The number of carbonyl (C=O) groups is 3. The van der Waals surface area contributed by atoms with Gasteiger partial charge >= 0.3 is 0 Å². The Bertz CT molecular complexity index is 422. The summed E-state index contributed by atoms with van der Waals surface area (Å²) in [5.74, 6) is -1.23. The highest BCUT2D eigenvalue weighted by Crippen LogP contribution is 2.34. The Hall–Kier alpha value is -1.65. The van der Waals surface area contributed by atoms with Crippen LogP contribution in [0.15, 0.2) is 12.2 Å². The molecule has 19 heavy (non-hydrogen) atoms. The number of nitrogens with one attached hydrogen (secondary N) is 1. The highest BCUT2D eigenvalue weighted by atomic mass is 16.2. The Morgan fingerprint density at radius 2 is 1.68 bits per heavy atom. The lowest BCUT2D eigenvalue weighted by atomic mass is 9.85. The van der Waals surface area contributed by atoms with E-state index >= 15 is 0 Å². The van der Waals surface area contributed by atoms with E-state index in [0.717, 1.165) is 4.90 Å². The maximum Gasteiger partial charge on any atom is 0.240 e. The van der Waals surface area contributed by atoms with Gasteiger partial charge in [0.15, 0.2) is 0 Å². The third-order valence-electron chi connectivity index (χ3n) is 3.41. The molecule has 0 aromatic heterocycles. The number of fused-ring (bicyclic) bond motifs is 1. The summed E-state index contributed by atoms with van der Waals surface area (Å²) in [5, 5.41) is 2.77. The van der Waals surface area contributed by atoms with E-state index in [1.165, 1.54) is 0 Å². The Morgan fingerprint density at radius 3 is 2.11 bits per heavy atom. The average Bonchev–Trinajstić information content (AvgIpc) is 2.53. The fourth-order valence-corrected chi connectivity index (χ4v) is 2.63. The van der Waals surface area contributed by atoms with Gasteiger partial charge in [0.1, 0.15) is 6.54 Å². The number of amides is 3. The first-order valence-corrected chi connectivity index (χ1v) is 6.61. The quantitative estimate of drug-likeness (QED) is 0.594. The van der Waals surface area contributed by atoms with Gasteiger partial charge in [-0.25, -0.2) is 0 Å². The van der Waals surface area contributed by atoms with Gasteiger partial charge in [-0.05, 0) is 33.6 Å². The molecule has 1 heterocycles. The van der Waals surface area contributed by atoms with Crippen LogP contribution < -0.4 is 5.32 Å². The summed E-state index contributed by atoms with van der Waals surface area (Å²) >= 11 is 0. The van der Waals surface area contributed by atoms with E-state index in [1.807, 2.05) is 32.9 Å². The van der Waals surface area contributed by atoms with Gasteiger partial charge in [-0.15, -0.1) is 0 Å². The summed E-state index contributed by atoms with van der Waals surface area (Å²) in [6.07, 6.45) is 5.08. The lowest BCUT2D eigenvalue weighted by molar-refractivity contribution is -0.144. The van der Waals surface area contributed by atoms with Crippen molar-refractivity contribution in [2.75, 3.05) is 6.54 Å². The van der Waals surface area contributed by atoms with Gasteiger partial charge in [-0.2, -0.15) is 0 Å². The molecule has 0 saturated carbocycles. The van der Waals surface area contributed by atoms with Crippen LogP contribution in [0.25, 0.3) is 0 Å². The molecule has 0 spiro atoms. The molecule has 5 heteroatoms. The molecular weight excluding hydrogens is 244 g/mol. The molecule has 0 radical (unpaired) electrons. The molecule has 2 aliphatic rings. The van der Waals surface area contributed by atoms with E-state index < -0.39 is 0 Å². The molecule has 1 fully saturated rings. The molecule has 3 amide bonds. The number of hydrogen-bond acceptors (Lipinski definition) is 3. The second kappa shape index (κ2) is 4.79. The normalized spacial score (nSPS) is 26.6. The number of rotatable bonds is 2. The fraction of sp³-hybridized carbons (Fsp3) is 0.643. The molecule has 104 valence electrons. The third-order valence-corrected chi connectivity index (χ3v) is 3.41. The Balaban J connectivity index is 2.04. The zero-order valence-electron chi connectivity index (χ0n) is 11.6. The molecule has 1 aliphatic carbocycles. The van der Waals surface area contributed by atoms with E-state index in [1.54, 1.807) is 0 Å². The van der Waals surface area contributed by atoms with Crippen molar-refractivity contribution in [3.63, 3.8) is 0 Å². The van der Waals surface area contributed by atoms with Crippen molar-refractivity contribution >= 4 is 17.7 Å². The van der Waals surface area contributed by atoms with Crippen molar-refractivity contribution in [2.24, 2.45) is 11.8 Å². The van der Waals surface area contributed by atoms with Gasteiger partial charge < -0.3 is 5.32 Å². The predicted molar refractivity (Wildman–Crippen MR) is 70.0 cm³/mol. The van der Waals surface area contributed by atoms with E-state index in [-0.39, 0.29) is 41.6 Å². The minimum atomic E-state index is -0.364. The van der Waals surface area contributed by atoms with Crippen LogP contribution in [0, 0.1) is 11.8 Å². The first kappa shape index (κ1) is 13.8. The summed E-state index contributed by atoms with van der Waals surface area (Å²) < 4.78 is 0. The van der Waals surface area contributed by atoms with Crippen molar-refractivity contribution in [1.82, 2.24) is 10.2 Å². The Labute approximate surface area is 113 Å². The molecule has 0 aromatic carbocycles. The summed E-state index contributed by atoms with van der Waals surface area (Å²) in [6.45, 7) is 5.43. The average molecular weight is 264 g/mol. The maximum absolute atomic E-state index is 12.1. The molecule has 1 aliphatic heterocycles. The summed E-state index contributed by atoms with van der Waals surface area (Å²) in [6, 6.07) is 0. The van der Waals surface area contributed by atoms with Crippen LogP contribution in [0.3, 0.4) is 0 Å². The van der Waals surface area contributed by atoms with Crippen LogP contribution in [0.5, 0.6) is 0 Å². The molecule has 0 aromatic rings. The van der Waals surface area contributed by atoms with Crippen LogP contribution in [0.4, 0.5) is 0 Å². The van der Waals surface area contributed by atoms with Crippen molar-refractivity contribution in [3.8, 4) is 0 Å². The molecule has 2 atom stereocenters. The highest BCUT2D eigenvalue weighted by molar-refractivity contribution is 6.07. The van der Waals surface area contributed by atoms with Crippen molar-refractivity contribution in [3.05, 3.63) is 12.2 Å². The second-order valence-electron chi connectivity index (χ2n) is 6.22. The number of hydrogen-bond donors (Lipinski definition) is 1. The topological polar surface area (TPSA) is 66.5 Å². The first-order valence-electron chi connectivity index (χ1n) is 6.61. The van der Waals surface area contributed by atoms with Crippen molar-refractivity contribution in [2.45, 2.75) is 39.2 Å². The molecule has 2 rings (SSSR count). The third kappa shape index (κ3) is 2.85. The number of imide groups is 1. The number of likely N-dealkylation sites (tertiary alicyclic amines) is 1. The van der Waals surface area contributed by atoms with Crippen LogP contribution >= 0.6 is 0 Å². The van der Waals surface area contributed by atoms with Gasteiger partial charge in [0, 0.05) is 5.54 Å². The highest BCUT2D eigenvalue weighted by Gasteiger charge is 2.47. The maximum atomic E-state index is 12.1. The SMILES string of the molecule is CC(C)(C)NC(=O)CN1C(=O)[C@@H]2CC=CC[C@H]2C1=O. The lowest BCUT2D eigenvalue weighted by Crippen LogP contribution is -2.47. The zero-order valence-corrected chi connectivity index (χ0v) is 11.6. The van der Waals surface area contributed by atoms with Crippen LogP contribution in [0.2, 0.25) is 0 Å². The molecule has 0 unspecified atom stereocenters. The number of nitrogens with zero attached hydrogens (tertiary/aromatic N) is 1. The van der Waals surface area contributed by atoms with Crippen molar-refractivity contribution < 1.29 is 14.4 Å². The smallest absolute Gasteiger partial charge is 0.240 e.